The van der Waals surface area contributed by atoms with Gasteiger partial charge in [0.1, 0.15) is 34.3 Å². The number of nitrogen functional groups attached to an aromatic ring is 3. The minimum absolute atomic E-state index is 0.162. The third kappa shape index (κ3) is 3.44. The molecule has 0 amide bonds. The Bertz CT molecular complexity index is 1320. The van der Waals surface area contributed by atoms with Gasteiger partial charge in [-0.3, -0.25) is 0 Å². The van der Waals surface area contributed by atoms with Crippen LogP contribution in [0.1, 0.15) is 16.7 Å². The zero-order valence-electron chi connectivity index (χ0n) is 17.2. The molecule has 5 rings (SSSR count). The van der Waals surface area contributed by atoms with E-state index in [2.05, 4.69) is 43.9 Å². The molecule has 0 saturated heterocycles. The number of aryl methyl sites for hydroxylation is 1. The lowest BCUT2D eigenvalue weighted by atomic mass is 9.99. The monoisotopic (exact) mass is 434 g/mol. The predicted molar refractivity (Wildman–Crippen MR) is 124 cm³/mol. The molecule has 1 aliphatic rings. The van der Waals surface area contributed by atoms with Gasteiger partial charge < -0.3 is 26.8 Å². The smallest absolute Gasteiger partial charge is 0.223 e. The van der Waals surface area contributed by atoms with E-state index in [-0.39, 0.29) is 5.95 Å². The van der Waals surface area contributed by atoms with Crippen LogP contribution in [0.5, 0.6) is 5.75 Å². The first-order valence-corrected chi connectivity index (χ1v) is 10.6. The highest BCUT2D eigenvalue weighted by Gasteiger charge is 2.22. The fourth-order valence-corrected chi connectivity index (χ4v) is 4.56. The molecule has 31 heavy (non-hydrogen) atoms. The fourth-order valence-electron chi connectivity index (χ4n) is 3.91. The average molecular weight is 435 g/mol. The maximum atomic E-state index is 6.11. The molecule has 0 radical (unpaired) electrons. The van der Waals surface area contributed by atoms with Gasteiger partial charge in [0.05, 0.1) is 6.54 Å². The number of nitrogens with two attached hydrogens (primary N) is 3. The van der Waals surface area contributed by atoms with E-state index in [1.807, 2.05) is 19.2 Å². The lowest BCUT2D eigenvalue weighted by molar-refractivity contribution is 0.329. The number of hydrogen-bond donors (Lipinski definition) is 3. The molecule has 0 saturated carbocycles. The van der Waals surface area contributed by atoms with Crippen molar-refractivity contribution in [1.29, 1.82) is 0 Å². The van der Waals surface area contributed by atoms with Gasteiger partial charge in [0.2, 0.25) is 5.95 Å². The highest BCUT2D eigenvalue weighted by molar-refractivity contribution is 7.21. The molecule has 10 heteroatoms. The number of rotatable bonds is 2. The zero-order chi connectivity index (χ0) is 21.7. The topological polar surface area (TPSA) is 142 Å². The van der Waals surface area contributed by atoms with Gasteiger partial charge in [-0.2, -0.15) is 9.97 Å². The number of hydrogen-bond acceptors (Lipinski definition) is 10. The molecule has 1 aliphatic heterocycles. The van der Waals surface area contributed by atoms with E-state index in [1.54, 1.807) is 0 Å². The summed E-state index contributed by atoms with van der Waals surface area (Å²) in [5, 5.41) is 0.514. The highest BCUT2D eigenvalue weighted by Crippen LogP contribution is 2.35. The van der Waals surface area contributed by atoms with Gasteiger partial charge in [-0.05, 0) is 43.2 Å². The Morgan fingerprint density at radius 1 is 1.03 bits per heavy atom. The first-order chi connectivity index (χ1) is 14.9. The Morgan fingerprint density at radius 2 is 1.87 bits per heavy atom. The van der Waals surface area contributed by atoms with E-state index in [1.165, 1.54) is 11.3 Å². The quantitative estimate of drug-likeness (QED) is 0.434. The Labute approximate surface area is 182 Å². The lowest BCUT2D eigenvalue weighted by Gasteiger charge is -2.23. The molecule has 0 bridgehead atoms. The summed E-state index contributed by atoms with van der Waals surface area (Å²) >= 11 is 1.38. The molecule has 0 fully saturated rings. The summed E-state index contributed by atoms with van der Waals surface area (Å²) in [6.07, 6.45) is 1.85. The minimum atomic E-state index is 0.162. The van der Waals surface area contributed by atoms with Crippen molar-refractivity contribution in [2.75, 3.05) is 35.3 Å². The van der Waals surface area contributed by atoms with Crippen LogP contribution in [0.3, 0.4) is 0 Å². The van der Waals surface area contributed by atoms with E-state index >= 15 is 0 Å². The minimum Gasteiger partial charge on any atom is -0.491 e. The largest absolute Gasteiger partial charge is 0.491 e. The van der Waals surface area contributed by atoms with Crippen LogP contribution in [0.4, 0.5) is 22.7 Å². The lowest BCUT2D eigenvalue weighted by Crippen LogP contribution is -2.27. The van der Waals surface area contributed by atoms with Gasteiger partial charge >= 0.3 is 0 Å². The highest BCUT2D eigenvalue weighted by atomic mass is 32.1. The van der Waals surface area contributed by atoms with Crippen molar-refractivity contribution in [1.82, 2.24) is 19.9 Å². The predicted octanol–water partition coefficient (Wildman–Crippen LogP) is 2.91. The normalized spacial score (nSPS) is 13.7. The first kappa shape index (κ1) is 19.3. The van der Waals surface area contributed by atoms with Crippen LogP contribution in [0.25, 0.3) is 21.5 Å². The number of fused-ring (bicyclic) bond motifs is 2. The number of anilines is 4. The molecule has 158 valence electrons. The number of pyridine rings is 1. The second-order valence-corrected chi connectivity index (χ2v) is 8.58. The molecule has 0 atom stereocenters. The molecule has 0 unspecified atom stereocenters. The second kappa shape index (κ2) is 7.24. The van der Waals surface area contributed by atoms with Gasteiger partial charge in [-0.25, -0.2) is 9.97 Å². The molecular weight excluding hydrogens is 412 g/mol. The summed E-state index contributed by atoms with van der Waals surface area (Å²) in [4.78, 5) is 20.3. The first-order valence-electron chi connectivity index (χ1n) is 9.82. The summed E-state index contributed by atoms with van der Waals surface area (Å²) in [6.45, 7) is 5.75. The molecule has 4 heterocycles. The van der Waals surface area contributed by atoms with Crippen molar-refractivity contribution >= 4 is 44.4 Å². The SMILES string of the molecule is Cc1cc(-c2cnc3sc(N)nc3c2)cc2c1OCCN(c1nc(N)nc(N)c1C)C2. The maximum Gasteiger partial charge on any atom is 0.223 e. The Kier molecular flexibility index (Phi) is 4.51. The van der Waals surface area contributed by atoms with Gasteiger partial charge in [-0.15, -0.1) is 0 Å². The van der Waals surface area contributed by atoms with Crippen molar-refractivity contribution in [3.05, 3.63) is 41.1 Å². The van der Waals surface area contributed by atoms with Gasteiger partial charge in [0.15, 0.2) is 5.13 Å². The van der Waals surface area contributed by atoms with Crippen LogP contribution < -0.4 is 26.8 Å². The van der Waals surface area contributed by atoms with Crippen LogP contribution in [0, 0.1) is 13.8 Å². The van der Waals surface area contributed by atoms with Crippen molar-refractivity contribution < 1.29 is 4.74 Å². The van der Waals surface area contributed by atoms with Crippen molar-refractivity contribution in [3.63, 3.8) is 0 Å². The van der Waals surface area contributed by atoms with Crippen molar-refractivity contribution in [2.24, 2.45) is 0 Å². The van der Waals surface area contributed by atoms with E-state index < -0.39 is 0 Å². The summed E-state index contributed by atoms with van der Waals surface area (Å²) in [5.74, 6) is 2.17. The second-order valence-electron chi connectivity index (χ2n) is 7.57. The Balaban J connectivity index is 1.57. The molecule has 0 aliphatic carbocycles. The van der Waals surface area contributed by atoms with E-state index in [4.69, 9.17) is 21.9 Å². The Morgan fingerprint density at radius 3 is 2.71 bits per heavy atom. The summed E-state index contributed by atoms with van der Waals surface area (Å²) in [5.41, 5.74) is 23.5. The number of thiazole rings is 1. The van der Waals surface area contributed by atoms with Crippen molar-refractivity contribution in [3.8, 4) is 16.9 Å². The van der Waals surface area contributed by atoms with Crippen molar-refractivity contribution in [2.45, 2.75) is 20.4 Å². The van der Waals surface area contributed by atoms with E-state index in [0.29, 0.717) is 30.6 Å². The molecule has 6 N–H and O–H groups in total. The summed E-state index contributed by atoms with van der Waals surface area (Å²) < 4.78 is 6.11. The number of aromatic nitrogens is 4. The van der Waals surface area contributed by atoms with Crippen LogP contribution in [-0.4, -0.2) is 33.1 Å². The van der Waals surface area contributed by atoms with Gasteiger partial charge in [0.25, 0.3) is 0 Å². The van der Waals surface area contributed by atoms with Crippen LogP contribution >= 0.6 is 11.3 Å². The summed E-state index contributed by atoms with van der Waals surface area (Å²) in [6, 6.07) is 6.25. The molecule has 0 spiro atoms. The van der Waals surface area contributed by atoms with Crippen LogP contribution in [0.15, 0.2) is 24.4 Å². The molecule has 1 aromatic carbocycles. The zero-order valence-corrected chi connectivity index (χ0v) is 18.0. The molecule has 3 aromatic heterocycles. The number of ether oxygens (including phenoxy) is 1. The maximum absolute atomic E-state index is 6.11. The fraction of sp³-hybridized carbons (Fsp3) is 0.238. The molecular formula is C21H22N8OS. The molecule has 9 nitrogen and oxygen atoms in total. The van der Waals surface area contributed by atoms with Gasteiger partial charge in [0, 0.05) is 29.4 Å². The third-order valence-corrected chi connectivity index (χ3v) is 6.20. The summed E-state index contributed by atoms with van der Waals surface area (Å²) in [7, 11) is 0. The molecule has 4 aromatic rings. The number of benzene rings is 1. The van der Waals surface area contributed by atoms with Gasteiger partial charge in [-0.1, -0.05) is 11.3 Å². The van der Waals surface area contributed by atoms with Crippen LogP contribution in [-0.2, 0) is 6.54 Å². The van der Waals surface area contributed by atoms with E-state index in [9.17, 15) is 0 Å². The Hall–Kier alpha value is -3.66. The van der Waals surface area contributed by atoms with Crippen LogP contribution in [0.2, 0.25) is 0 Å². The number of nitrogens with zero attached hydrogens (tertiary/aromatic N) is 5. The average Bonchev–Trinajstić information content (AvgIpc) is 2.96. The third-order valence-electron chi connectivity index (χ3n) is 5.39. The standard InChI is InChI=1S/C21H22N8OS/c1-10-5-12(13-7-15-19(25-8-13)31-21(24)26-15)6-14-9-29(3-4-30-16(10)14)18-11(2)17(22)27-20(23)28-18/h5-8H,3-4,9H2,1-2H3,(H2,24,26)(H4,22,23,27,28). The van der Waals surface area contributed by atoms with E-state index in [0.717, 1.165) is 49.7 Å².